The van der Waals surface area contributed by atoms with Crippen LogP contribution in [0.3, 0.4) is 0 Å². The van der Waals surface area contributed by atoms with Crippen molar-refractivity contribution >= 4 is 21.5 Å². The summed E-state index contributed by atoms with van der Waals surface area (Å²) in [7, 11) is 0. The fourth-order valence-electron chi connectivity index (χ4n) is 3.23. The molecular formula is C26H26. The van der Waals surface area contributed by atoms with E-state index in [4.69, 9.17) is 16.4 Å². The maximum Gasteiger partial charge on any atom is 0.0629 e. The largest absolute Gasteiger partial charge is 0.0629 e. The number of hydrogen-bond donors (Lipinski definition) is 0. The highest BCUT2D eigenvalue weighted by Crippen LogP contribution is 2.43. The second-order valence-electron chi connectivity index (χ2n) is 6.89. The summed E-state index contributed by atoms with van der Waals surface area (Å²) in [6.07, 6.45) is 0. The molecule has 0 unspecified atom stereocenters. The zero-order valence-electron chi connectivity index (χ0n) is 27.2. The lowest BCUT2D eigenvalue weighted by Gasteiger charge is -2.22. The summed E-state index contributed by atoms with van der Waals surface area (Å²) < 4.78 is 103. The molecule has 4 rings (SSSR count). The van der Waals surface area contributed by atoms with Gasteiger partial charge in [-0.25, -0.2) is 0 Å². The van der Waals surface area contributed by atoms with Crippen LogP contribution in [0.2, 0.25) is 0 Å². The van der Waals surface area contributed by atoms with E-state index in [1.165, 1.54) is 0 Å². The van der Waals surface area contributed by atoms with Gasteiger partial charge in [-0.05, 0) is 55.6 Å². The second kappa shape index (κ2) is 6.61. The molecule has 0 aromatic heterocycles. The van der Waals surface area contributed by atoms with Crippen molar-refractivity contribution in [2.75, 3.05) is 0 Å². The third kappa shape index (κ3) is 2.70. The molecule has 130 valence electrons. The van der Waals surface area contributed by atoms with E-state index in [0.717, 1.165) is 0 Å². The van der Waals surface area contributed by atoms with Crippen LogP contribution in [0.1, 0.15) is 67.1 Å². The van der Waals surface area contributed by atoms with Crippen molar-refractivity contribution in [1.29, 1.82) is 0 Å². The molecule has 0 nitrogen and oxygen atoms in total. The average Bonchev–Trinajstić information content (AvgIpc) is 2.85. The molecule has 26 heavy (non-hydrogen) atoms. The van der Waals surface area contributed by atoms with E-state index in [1.807, 2.05) is 0 Å². The minimum atomic E-state index is -0.558. The fraction of sp³-hybridized carbons (Fsp3) is 0.231. The lowest BCUT2D eigenvalue weighted by atomic mass is 9.82. The lowest BCUT2D eigenvalue weighted by molar-refractivity contribution is 0.860. The monoisotopic (exact) mass is 350 g/mol. The maximum atomic E-state index is 8.87. The van der Waals surface area contributed by atoms with Crippen molar-refractivity contribution in [3.05, 3.63) is 83.6 Å². The molecule has 0 radical (unpaired) electrons. The molecule has 4 aromatic carbocycles. The Balaban J connectivity index is 2.57. The Labute approximate surface area is 173 Å². The summed E-state index contributed by atoms with van der Waals surface area (Å²) in [4.78, 5) is 0. The van der Waals surface area contributed by atoms with Crippen molar-refractivity contribution in [3.63, 3.8) is 0 Å². The lowest BCUT2D eigenvalue weighted by Crippen LogP contribution is -1.99. The van der Waals surface area contributed by atoms with Gasteiger partial charge in [0.15, 0.2) is 0 Å². The predicted molar refractivity (Wildman–Crippen MR) is 115 cm³/mol. The van der Waals surface area contributed by atoms with Crippen LogP contribution in [-0.2, 0) is 0 Å². The first-order valence-corrected chi connectivity index (χ1v) is 8.64. The molecule has 0 N–H and O–H groups in total. The molecule has 0 saturated carbocycles. The molecule has 0 aliphatic carbocycles. The van der Waals surface area contributed by atoms with Gasteiger partial charge in [0, 0.05) is 0 Å². The van der Waals surface area contributed by atoms with Crippen LogP contribution < -0.4 is 0 Å². The first-order valence-electron chi connectivity index (χ1n) is 14.6. The van der Waals surface area contributed by atoms with Gasteiger partial charge in [0.1, 0.15) is 0 Å². The van der Waals surface area contributed by atoms with Crippen molar-refractivity contribution < 1.29 is 16.4 Å². The van der Waals surface area contributed by atoms with E-state index < -0.39 is 60.2 Å². The Kier molecular flexibility index (Phi) is 2.02. The summed E-state index contributed by atoms with van der Waals surface area (Å²) in [5.41, 5.74) is 0.797. The first-order chi connectivity index (χ1) is 17.6. The van der Waals surface area contributed by atoms with E-state index in [1.54, 1.807) is 27.7 Å². The normalized spacial score (nSPS) is 18.2. The average molecular weight is 351 g/mol. The van der Waals surface area contributed by atoms with Gasteiger partial charge in [0.05, 0.1) is 16.4 Å². The van der Waals surface area contributed by atoms with Gasteiger partial charge in [0.25, 0.3) is 0 Å². The van der Waals surface area contributed by atoms with E-state index in [9.17, 15) is 0 Å². The quantitative estimate of drug-likeness (QED) is 0.352. The topological polar surface area (TPSA) is 0 Å². The van der Waals surface area contributed by atoms with Crippen LogP contribution in [0.15, 0.2) is 72.5 Å². The fourth-order valence-corrected chi connectivity index (χ4v) is 3.23. The number of benzene rings is 4. The molecular weight excluding hydrogens is 312 g/mol. The van der Waals surface area contributed by atoms with Gasteiger partial charge in [-0.1, -0.05) is 100 Å². The molecule has 0 heteroatoms. The standard InChI is InChI=1S/C26H26/c1-17(2)21-15-13-19-9-5-7-11-23(19)25(21)26-22(18(3)4)16-14-20-10-6-8-12-24(20)26/h5-18H,1-4H3/i5D,6D,7D,8D,9D,10D,11D,12D,13D,14D,15D,16D. The predicted octanol–water partition coefficient (Wildman–Crippen LogP) is 7.91. The summed E-state index contributed by atoms with van der Waals surface area (Å²) in [5, 5.41) is -0.446. The molecule has 0 saturated heterocycles. The highest BCUT2D eigenvalue weighted by atomic mass is 14.2. The molecule has 0 aliphatic heterocycles. The van der Waals surface area contributed by atoms with Gasteiger partial charge in [-0.3, -0.25) is 0 Å². The van der Waals surface area contributed by atoms with Gasteiger partial charge >= 0.3 is 0 Å². The Morgan fingerprint density at radius 2 is 0.923 bits per heavy atom. The van der Waals surface area contributed by atoms with Crippen molar-refractivity contribution in [2.24, 2.45) is 0 Å². The summed E-state index contributed by atoms with van der Waals surface area (Å²) in [6.45, 7) is 7.06. The number of hydrogen-bond acceptors (Lipinski definition) is 0. The zero-order valence-corrected chi connectivity index (χ0v) is 15.2. The minimum Gasteiger partial charge on any atom is -0.0616 e. The highest BCUT2D eigenvalue weighted by molar-refractivity contribution is 6.08. The van der Waals surface area contributed by atoms with Gasteiger partial charge < -0.3 is 0 Å². The summed E-state index contributed by atoms with van der Waals surface area (Å²) >= 11 is 0. The van der Waals surface area contributed by atoms with Crippen molar-refractivity contribution in [2.45, 2.75) is 39.5 Å². The van der Waals surface area contributed by atoms with Crippen LogP contribution in [0.25, 0.3) is 32.7 Å². The van der Waals surface area contributed by atoms with Gasteiger partial charge in [-0.15, -0.1) is 0 Å². The van der Waals surface area contributed by atoms with Gasteiger partial charge in [-0.2, -0.15) is 0 Å². The molecule has 4 aromatic rings. The SMILES string of the molecule is [2H]c1c([2H])c([2H])c2c(-c3c(C(C)C)c([2H])c([2H])c4c([2H])c([2H])c([2H])c([2H])c34)c(C(C)C)c([2H])c([2H])c2c1[2H]. The van der Waals surface area contributed by atoms with E-state index in [0.29, 0.717) is 0 Å². The summed E-state index contributed by atoms with van der Waals surface area (Å²) in [5.74, 6) is -0.861. The van der Waals surface area contributed by atoms with Crippen LogP contribution >= 0.6 is 0 Å². The Hall–Kier alpha value is -2.60. The maximum absolute atomic E-state index is 8.87. The van der Waals surface area contributed by atoms with E-state index in [-0.39, 0.29) is 68.0 Å². The Bertz CT molecular complexity index is 1560. The van der Waals surface area contributed by atoms with Crippen LogP contribution in [0, 0.1) is 0 Å². The van der Waals surface area contributed by atoms with E-state index in [2.05, 4.69) is 0 Å². The van der Waals surface area contributed by atoms with Gasteiger partial charge in [0.2, 0.25) is 0 Å². The second-order valence-corrected chi connectivity index (χ2v) is 6.89. The molecule has 0 heterocycles. The molecule has 0 spiro atoms. The molecule has 0 atom stereocenters. The third-order valence-electron chi connectivity index (χ3n) is 4.46. The third-order valence-corrected chi connectivity index (χ3v) is 4.46. The zero-order chi connectivity index (χ0) is 28.7. The Morgan fingerprint density at radius 1 is 0.538 bits per heavy atom. The van der Waals surface area contributed by atoms with Crippen LogP contribution in [0.4, 0.5) is 0 Å². The molecule has 0 bridgehead atoms. The van der Waals surface area contributed by atoms with Crippen LogP contribution in [-0.4, -0.2) is 0 Å². The van der Waals surface area contributed by atoms with Crippen LogP contribution in [0.5, 0.6) is 0 Å². The highest BCUT2D eigenvalue weighted by Gasteiger charge is 2.19. The number of rotatable bonds is 3. The Morgan fingerprint density at radius 3 is 1.31 bits per heavy atom. The van der Waals surface area contributed by atoms with E-state index >= 15 is 0 Å². The molecule has 0 amide bonds. The minimum absolute atomic E-state index is 0.0477. The molecule has 0 fully saturated rings. The first kappa shape index (κ1) is 7.96. The molecule has 0 aliphatic rings. The van der Waals surface area contributed by atoms with Crippen molar-refractivity contribution in [1.82, 2.24) is 0 Å². The number of fused-ring (bicyclic) bond motifs is 2. The van der Waals surface area contributed by atoms with Crippen molar-refractivity contribution in [3.8, 4) is 11.1 Å². The smallest absolute Gasteiger partial charge is 0.0616 e. The summed E-state index contributed by atoms with van der Waals surface area (Å²) in [6, 6.07) is -5.36.